The number of benzene rings is 1. The minimum atomic E-state index is -0.991. The first-order chi connectivity index (χ1) is 9.08. The van der Waals surface area contributed by atoms with E-state index in [4.69, 9.17) is 5.11 Å². The molecule has 0 bridgehead atoms. The van der Waals surface area contributed by atoms with Gasteiger partial charge in [-0.1, -0.05) is 6.07 Å². The Morgan fingerprint density at radius 2 is 2.21 bits per heavy atom. The van der Waals surface area contributed by atoms with Crippen LogP contribution in [0.15, 0.2) is 18.2 Å². The van der Waals surface area contributed by atoms with Gasteiger partial charge in [0.05, 0.1) is 11.5 Å². The second-order valence-electron chi connectivity index (χ2n) is 4.87. The number of aryl methyl sites for hydroxylation is 1. The summed E-state index contributed by atoms with van der Waals surface area (Å²) in [4.78, 5) is 23.0. The molecule has 1 amide bonds. The number of piperidine rings is 1. The summed E-state index contributed by atoms with van der Waals surface area (Å²) in [5, 5.41) is 15.0. The highest BCUT2D eigenvalue weighted by Crippen LogP contribution is 2.19. The first-order valence-electron chi connectivity index (χ1n) is 6.43. The van der Waals surface area contributed by atoms with Gasteiger partial charge < -0.3 is 15.7 Å². The summed E-state index contributed by atoms with van der Waals surface area (Å²) >= 11 is 0. The summed E-state index contributed by atoms with van der Waals surface area (Å²) in [5.41, 5.74) is 1.63. The van der Waals surface area contributed by atoms with Crippen LogP contribution in [0.3, 0.4) is 0 Å². The lowest BCUT2D eigenvalue weighted by Crippen LogP contribution is -2.37. The minimum absolute atomic E-state index is 0.0402. The second-order valence-corrected chi connectivity index (χ2v) is 4.87. The molecular formula is C14H18N2O3. The van der Waals surface area contributed by atoms with Crippen LogP contribution >= 0.6 is 0 Å². The molecule has 1 aliphatic heterocycles. The van der Waals surface area contributed by atoms with Crippen molar-refractivity contribution in [3.8, 4) is 0 Å². The Bertz CT molecular complexity index is 493. The van der Waals surface area contributed by atoms with E-state index in [1.165, 1.54) is 12.1 Å². The van der Waals surface area contributed by atoms with Gasteiger partial charge in [-0.05, 0) is 44.0 Å². The molecule has 0 aromatic heterocycles. The zero-order valence-electron chi connectivity index (χ0n) is 10.9. The Hall–Kier alpha value is -1.88. The second kappa shape index (κ2) is 5.84. The Morgan fingerprint density at radius 1 is 1.42 bits per heavy atom. The van der Waals surface area contributed by atoms with Crippen LogP contribution in [0.4, 0.5) is 5.69 Å². The topological polar surface area (TPSA) is 78.4 Å². The summed E-state index contributed by atoms with van der Waals surface area (Å²) in [6, 6.07) is 4.75. The third kappa shape index (κ3) is 3.32. The molecule has 3 N–H and O–H groups in total. The van der Waals surface area contributed by atoms with Crippen molar-refractivity contribution < 1.29 is 14.7 Å². The number of carboxylic acids is 1. The van der Waals surface area contributed by atoms with E-state index in [-0.39, 0.29) is 17.4 Å². The van der Waals surface area contributed by atoms with Crippen LogP contribution in [0, 0.1) is 12.8 Å². The Balaban J connectivity index is 2.11. The number of rotatable bonds is 3. The predicted molar refractivity (Wildman–Crippen MR) is 72.4 cm³/mol. The number of carbonyl (C=O) groups excluding carboxylic acids is 1. The Kier molecular flexibility index (Phi) is 4.16. The summed E-state index contributed by atoms with van der Waals surface area (Å²) in [6.07, 6.45) is 1.86. The summed E-state index contributed by atoms with van der Waals surface area (Å²) < 4.78 is 0. The van der Waals surface area contributed by atoms with E-state index in [1.54, 1.807) is 6.07 Å². The molecule has 5 nitrogen and oxygen atoms in total. The lowest BCUT2D eigenvalue weighted by atomic mass is 9.98. The van der Waals surface area contributed by atoms with Crippen molar-refractivity contribution in [2.24, 2.45) is 5.92 Å². The van der Waals surface area contributed by atoms with Crippen molar-refractivity contribution in [3.63, 3.8) is 0 Å². The van der Waals surface area contributed by atoms with Crippen LogP contribution in [-0.4, -0.2) is 30.1 Å². The van der Waals surface area contributed by atoms with Crippen LogP contribution in [0.25, 0.3) is 0 Å². The minimum Gasteiger partial charge on any atom is -0.478 e. The quantitative estimate of drug-likeness (QED) is 0.773. The van der Waals surface area contributed by atoms with E-state index in [0.29, 0.717) is 12.2 Å². The monoisotopic (exact) mass is 262 g/mol. The first kappa shape index (κ1) is 13.5. The van der Waals surface area contributed by atoms with E-state index in [2.05, 4.69) is 10.6 Å². The van der Waals surface area contributed by atoms with Crippen LogP contribution in [0.5, 0.6) is 0 Å². The van der Waals surface area contributed by atoms with Crippen LogP contribution in [0.2, 0.25) is 0 Å². The number of nitrogens with one attached hydrogen (secondary N) is 2. The van der Waals surface area contributed by atoms with Crippen LogP contribution < -0.4 is 10.6 Å². The first-order valence-corrected chi connectivity index (χ1v) is 6.43. The van der Waals surface area contributed by atoms with Gasteiger partial charge in [-0.3, -0.25) is 4.79 Å². The summed E-state index contributed by atoms with van der Waals surface area (Å²) in [7, 11) is 0. The standard InChI is InChI=1S/C14H18N2O3/c1-9-4-5-10(14(18)19)7-12(9)16-13(17)11-3-2-6-15-8-11/h4-5,7,11,15H,2-3,6,8H2,1H3,(H,16,17)(H,18,19)/t11-/m0/s1. The molecule has 0 aliphatic carbocycles. The normalized spacial score (nSPS) is 18.9. The Labute approximate surface area is 112 Å². The molecule has 1 atom stereocenters. The molecule has 1 saturated heterocycles. The van der Waals surface area contributed by atoms with E-state index < -0.39 is 5.97 Å². The molecule has 5 heteroatoms. The van der Waals surface area contributed by atoms with Crippen molar-refractivity contribution in [1.29, 1.82) is 0 Å². The van der Waals surface area contributed by atoms with Gasteiger partial charge in [-0.15, -0.1) is 0 Å². The average molecular weight is 262 g/mol. The van der Waals surface area contributed by atoms with Gasteiger partial charge in [0.15, 0.2) is 0 Å². The number of carbonyl (C=O) groups is 2. The summed E-state index contributed by atoms with van der Waals surface area (Å²) in [6.45, 7) is 3.49. The number of amides is 1. The Morgan fingerprint density at radius 3 is 2.84 bits per heavy atom. The summed E-state index contributed by atoms with van der Waals surface area (Å²) in [5.74, 6) is -1.07. The van der Waals surface area contributed by atoms with Crippen molar-refractivity contribution in [2.45, 2.75) is 19.8 Å². The molecule has 1 aliphatic rings. The van der Waals surface area contributed by atoms with Crippen LogP contribution in [0.1, 0.15) is 28.8 Å². The van der Waals surface area contributed by atoms with E-state index >= 15 is 0 Å². The fourth-order valence-electron chi connectivity index (χ4n) is 2.20. The number of hydrogen-bond acceptors (Lipinski definition) is 3. The van der Waals surface area contributed by atoms with Crippen molar-refractivity contribution in [1.82, 2.24) is 5.32 Å². The maximum Gasteiger partial charge on any atom is 0.335 e. The number of carboxylic acid groups (broad SMARTS) is 1. The SMILES string of the molecule is Cc1ccc(C(=O)O)cc1NC(=O)[C@H]1CCCNC1. The van der Waals surface area contributed by atoms with Gasteiger partial charge in [0.2, 0.25) is 5.91 Å². The lowest BCUT2D eigenvalue weighted by molar-refractivity contribution is -0.120. The molecule has 2 rings (SSSR count). The largest absolute Gasteiger partial charge is 0.478 e. The maximum atomic E-state index is 12.1. The number of anilines is 1. The highest BCUT2D eigenvalue weighted by atomic mass is 16.4. The fraction of sp³-hybridized carbons (Fsp3) is 0.429. The van der Waals surface area contributed by atoms with Gasteiger partial charge in [0.1, 0.15) is 0 Å². The molecule has 19 heavy (non-hydrogen) atoms. The molecule has 1 fully saturated rings. The maximum absolute atomic E-state index is 12.1. The zero-order chi connectivity index (χ0) is 13.8. The highest BCUT2D eigenvalue weighted by Gasteiger charge is 2.21. The number of aromatic carboxylic acids is 1. The van der Waals surface area contributed by atoms with Crippen molar-refractivity contribution in [3.05, 3.63) is 29.3 Å². The highest BCUT2D eigenvalue weighted by molar-refractivity contribution is 5.95. The van der Waals surface area contributed by atoms with Crippen molar-refractivity contribution in [2.75, 3.05) is 18.4 Å². The molecule has 0 saturated carbocycles. The molecule has 1 aromatic carbocycles. The van der Waals surface area contributed by atoms with Crippen LogP contribution in [-0.2, 0) is 4.79 Å². The fourth-order valence-corrected chi connectivity index (χ4v) is 2.20. The average Bonchev–Trinajstić information content (AvgIpc) is 2.42. The van der Waals surface area contributed by atoms with Gasteiger partial charge in [0.25, 0.3) is 0 Å². The molecule has 0 unspecified atom stereocenters. The number of hydrogen-bond donors (Lipinski definition) is 3. The van der Waals surface area contributed by atoms with Gasteiger partial charge >= 0.3 is 5.97 Å². The van der Waals surface area contributed by atoms with Gasteiger partial charge in [-0.2, -0.15) is 0 Å². The van der Waals surface area contributed by atoms with Gasteiger partial charge in [0, 0.05) is 12.2 Å². The van der Waals surface area contributed by atoms with E-state index in [1.807, 2.05) is 6.92 Å². The van der Waals surface area contributed by atoms with E-state index in [9.17, 15) is 9.59 Å². The molecule has 102 valence electrons. The third-order valence-corrected chi connectivity index (χ3v) is 3.41. The van der Waals surface area contributed by atoms with Crippen molar-refractivity contribution >= 4 is 17.6 Å². The lowest BCUT2D eigenvalue weighted by Gasteiger charge is -2.22. The molecule has 1 heterocycles. The predicted octanol–water partition coefficient (Wildman–Crippen LogP) is 1.63. The molecule has 0 spiro atoms. The third-order valence-electron chi connectivity index (χ3n) is 3.41. The van der Waals surface area contributed by atoms with Gasteiger partial charge in [-0.25, -0.2) is 4.79 Å². The van der Waals surface area contributed by atoms with E-state index in [0.717, 1.165) is 24.9 Å². The zero-order valence-corrected chi connectivity index (χ0v) is 10.9. The molecule has 0 radical (unpaired) electrons. The smallest absolute Gasteiger partial charge is 0.335 e. The molecular weight excluding hydrogens is 244 g/mol. The molecule has 1 aromatic rings.